The van der Waals surface area contributed by atoms with Crippen LogP contribution in [0.5, 0.6) is 0 Å². The van der Waals surface area contributed by atoms with Gasteiger partial charge in [0, 0.05) is 6.42 Å². The Morgan fingerprint density at radius 3 is 2.80 bits per heavy atom. The summed E-state index contributed by atoms with van der Waals surface area (Å²) in [5.74, 6) is 0. The Labute approximate surface area is 62.4 Å². The number of allylic oxidation sites excluding steroid dienone is 4. The van der Waals surface area contributed by atoms with E-state index in [1.165, 1.54) is 0 Å². The predicted molar refractivity (Wildman–Crippen MR) is 43.5 cm³/mol. The summed E-state index contributed by atoms with van der Waals surface area (Å²) in [6, 6.07) is 0. The lowest BCUT2D eigenvalue weighted by Crippen LogP contribution is -1.75. The van der Waals surface area contributed by atoms with Gasteiger partial charge in [0.05, 0.1) is 0 Å². The largest absolute Gasteiger partial charge is 0.291 e. The zero-order valence-electron chi connectivity index (χ0n) is 6.55. The first kappa shape index (κ1) is 9.15. The van der Waals surface area contributed by atoms with Gasteiger partial charge in [0.1, 0.15) is 0 Å². The molecule has 1 nitrogen and oxygen atoms in total. The van der Waals surface area contributed by atoms with Gasteiger partial charge in [0.15, 0.2) is 0 Å². The number of hydrogen-bond acceptors (Lipinski definition) is 1. The highest BCUT2D eigenvalue weighted by atomic mass is 16.1. The van der Waals surface area contributed by atoms with E-state index >= 15 is 0 Å². The Morgan fingerprint density at radius 1 is 1.60 bits per heavy atom. The van der Waals surface area contributed by atoms with Crippen LogP contribution in [0.3, 0.4) is 0 Å². The van der Waals surface area contributed by atoms with Gasteiger partial charge in [-0.25, -0.2) is 0 Å². The predicted octanol–water partition coefficient (Wildman–Crippen LogP) is 2.40. The van der Waals surface area contributed by atoms with Crippen LogP contribution < -0.4 is 0 Å². The number of rotatable bonds is 4. The lowest BCUT2D eigenvalue weighted by molar-refractivity contribution is 0.555. The van der Waals surface area contributed by atoms with E-state index in [2.05, 4.69) is 6.92 Å². The molecule has 0 aliphatic carbocycles. The third-order valence-corrected chi connectivity index (χ3v) is 1.10. The molecule has 0 unspecified atom stereocenters. The van der Waals surface area contributed by atoms with Gasteiger partial charge in [-0.1, -0.05) is 30.7 Å². The Balaban J connectivity index is 3.67. The highest BCUT2D eigenvalue weighted by Crippen LogP contribution is 1.96. The molecule has 0 aliphatic heterocycles. The Morgan fingerprint density at radius 2 is 2.30 bits per heavy atom. The van der Waals surface area contributed by atoms with Crippen LogP contribution in [0, 0.1) is 0 Å². The molecule has 0 spiro atoms. The minimum atomic E-state index is 0.425. The monoisotopic (exact) mass is 137 g/mol. The highest BCUT2D eigenvalue weighted by Gasteiger charge is 1.83. The minimum Gasteiger partial charge on any atom is -0.291 e. The Hall–Kier alpha value is -0.850. The summed E-state index contributed by atoms with van der Waals surface area (Å²) < 4.78 is 0. The van der Waals surface area contributed by atoms with Crippen molar-refractivity contribution >= 4 is 6.29 Å². The molecule has 1 heteroatoms. The summed E-state index contributed by atoms with van der Waals surface area (Å²) in [5.41, 5.74) is 1.06. The molecule has 0 aliphatic rings. The van der Waals surface area contributed by atoms with E-state index in [0.29, 0.717) is 6.42 Å². The van der Waals surface area contributed by atoms with Gasteiger partial charge in [-0.15, -0.1) is 0 Å². The fourth-order valence-electron chi connectivity index (χ4n) is 0.541. The van der Waals surface area contributed by atoms with Crippen LogP contribution in [-0.2, 0) is 4.79 Å². The molecule has 55 valence electrons. The Kier molecular flexibility index (Phi) is 5.74. The van der Waals surface area contributed by atoms with Crippen molar-refractivity contribution < 1.29 is 4.79 Å². The quantitative estimate of drug-likeness (QED) is 0.544. The van der Waals surface area contributed by atoms with Gasteiger partial charge in [-0.2, -0.15) is 0 Å². The zero-order valence-corrected chi connectivity index (χ0v) is 6.55. The lowest BCUT2D eigenvalue weighted by atomic mass is 10.2. The van der Waals surface area contributed by atoms with Crippen molar-refractivity contribution in [2.75, 3.05) is 0 Å². The van der Waals surface area contributed by atoms with E-state index in [9.17, 15) is 4.79 Å². The molecule has 0 amide bonds. The third kappa shape index (κ3) is 5.29. The molecule has 0 bridgehead atoms. The first-order valence-electron chi connectivity index (χ1n) is 3.48. The van der Waals surface area contributed by atoms with Gasteiger partial charge in [-0.3, -0.25) is 4.79 Å². The molecular weight excluding hydrogens is 124 g/mol. The van der Waals surface area contributed by atoms with E-state index in [1.54, 1.807) is 0 Å². The van der Waals surface area contributed by atoms with Crippen molar-refractivity contribution in [3.05, 3.63) is 23.8 Å². The minimum absolute atomic E-state index is 0.425. The molecule has 0 saturated carbocycles. The first-order valence-corrected chi connectivity index (χ1v) is 3.48. The topological polar surface area (TPSA) is 17.1 Å². The second kappa shape index (κ2) is 6.27. The van der Waals surface area contributed by atoms with Crippen LogP contribution in [0.1, 0.15) is 26.7 Å². The normalized spacial score (nSPS) is 12.4. The van der Waals surface area contributed by atoms with Crippen LogP contribution >= 0.6 is 0 Å². The molecule has 0 N–H and O–H groups in total. The molecule has 0 aromatic heterocycles. The molecule has 0 aromatic carbocycles. The summed E-state index contributed by atoms with van der Waals surface area (Å²) in [7, 11) is 0. The summed E-state index contributed by atoms with van der Waals surface area (Å²) in [6.07, 6.45) is 9.26. The fourth-order valence-corrected chi connectivity index (χ4v) is 0.541. The second-order valence-electron chi connectivity index (χ2n) is 2.17. The highest BCUT2D eigenvalue weighted by molar-refractivity contribution is 5.55. The maximum atomic E-state index is 9.86. The van der Waals surface area contributed by atoms with Crippen LogP contribution in [0.2, 0.25) is 0 Å². The van der Waals surface area contributed by atoms with E-state index in [-0.39, 0.29) is 0 Å². The molecule has 0 saturated heterocycles. The van der Waals surface area contributed by atoms with Crippen molar-refractivity contribution in [2.45, 2.75) is 26.7 Å². The maximum absolute atomic E-state index is 9.86. The third-order valence-electron chi connectivity index (χ3n) is 1.10. The van der Waals surface area contributed by atoms with Gasteiger partial charge < -0.3 is 0 Å². The average molecular weight is 137 g/mol. The molecule has 0 heterocycles. The fraction of sp³-hybridized carbons (Fsp3) is 0.444. The van der Waals surface area contributed by atoms with Crippen molar-refractivity contribution in [3.8, 4) is 0 Å². The van der Waals surface area contributed by atoms with Crippen molar-refractivity contribution in [2.24, 2.45) is 0 Å². The maximum Gasteiger partial charge on any atom is 0.202 e. The lowest BCUT2D eigenvalue weighted by Gasteiger charge is -1.86. The molecule has 10 heavy (non-hydrogen) atoms. The van der Waals surface area contributed by atoms with Crippen LogP contribution in [0.4, 0.5) is 0 Å². The zero-order chi connectivity index (χ0) is 7.82. The van der Waals surface area contributed by atoms with Gasteiger partial charge in [0.2, 0.25) is 6.29 Å². The summed E-state index contributed by atoms with van der Waals surface area (Å²) in [6.45, 7) is 4.00. The smallest absolute Gasteiger partial charge is 0.202 e. The number of hydrogen-bond donors (Lipinski definition) is 0. The van der Waals surface area contributed by atoms with Crippen molar-refractivity contribution in [1.82, 2.24) is 0 Å². The second-order valence-corrected chi connectivity index (χ2v) is 2.17. The van der Waals surface area contributed by atoms with Gasteiger partial charge >= 0.3 is 0 Å². The van der Waals surface area contributed by atoms with Crippen LogP contribution in [0.25, 0.3) is 0 Å². The standard InChI is InChI=1S/C9H13O/c1-3-4-5-6-9(2)7-8-10/h4-6H,3,7H2,1-2H3. The molecule has 0 fully saturated rings. The van der Waals surface area contributed by atoms with Gasteiger partial charge in [-0.05, 0) is 13.3 Å². The van der Waals surface area contributed by atoms with Crippen LogP contribution in [0.15, 0.2) is 23.8 Å². The van der Waals surface area contributed by atoms with E-state index < -0.39 is 0 Å². The molecule has 0 rings (SSSR count). The summed E-state index contributed by atoms with van der Waals surface area (Å²) in [4.78, 5) is 9.86. The summed E-state index contributed by atoms with van der Waals surface area (Å²) >= 11 is 0. The van der Waals surface area contributed by atoms with E-state index in [0.717, 1.165) is 12.0 Å². The van der Waals surface area contributed by atoms with Crippen molar-refractivity contribution in [1.29, 1.82) is 0 Å². The number of carbonyl (C=O) groups excluding carboxylic acids is 1. The summed E-state index contributed by atoms with van der Waals surface area (Å²) in [5, 5.41) is 0. The van der Waals surface area contributed by atoms with Gasteiger partial charge in [0.25, 0.3) is 0 Å². The SMILES string of the molecule is CCC=CC=C(C)C[C]=O. The molecular formula is C9H13O. The first-order chi connectivity index (χ1) is 4.81. The molecule has 0 aromatic rings. The molecule has 0 atom stereocenters. The van der Waals surface area contributed by atoms with Crippen molar-refractivity contribution in [3.63, 3.8) is 0 Å². The van der Waals surface area contributed by atoms with E-state index in [4.69, 9.17) is 0 Å². The Bertz CT molecular complexity index is 143. The average Bonchev–Trinajstić information content (AvgIpc) is 1.89. The molecule has 1 radical (unpaired) electrons. The van der Waals surface area contributed by atoms with E-state index in [1.807, 2.05) is 31.4 Å². The van der Waals surface area contributed by atoms with Crippen LogP contribution in [-0.4, -0.2) is 6.29 Å².